The molecule has 4 heterocycles. The molecule has 4 N–H and O–H groups in total. The quantitative estimate of drug-likeness (QED) is 0.508. The zero-order chi connectivity index (χ0) is 25.7. The summed E-state index contributed by atoms with van der Waals surface area (Å²) in [6.07, 6.45) is -0.188. The number of aliphatic hydroxyl groups excluding tert-OH is 1. The minimum Gasteiger partial charge on any atom is -0.455 e. The summed E-state index contributed by atoms with van der Waals surface area (Å²) in [5.74, 6) is -1.41. The van der Waals surface area contributed by atoms with Crippen molar-refractivity contribution in [3.05, 3.63) is 22.6 Å². The van der Waals surface area contributed by atoms with Gasteiger partial charge in [-0.25, -0.2) is 4.99 Å². The lowest BCUT2D eigenvalue weighted by Crippen LogP contribution is -2.51. The number of aliphatic hydroxyl groups is 1. The third kappa shape index (κ3) is 4.12. The predicted octanol–water partition coefficient (Wildman–Crippen LogP) is 1.48. The molecule has 35 heavy (non-hydrogen) atoms. The van der Waals surface area contributed by atoms with Crippen molar-refractivity contribution in [3.63, 3.8) is 0 Å². The summed E-state index contributed by atoms with van der Waals surface area (Å²) in [6.45, 7) is 7.80. The molecule has 0 aliphatic carbocycles. The lowest BCUT2D eigenvalue weighted by atomic mass is 9.95. The maximum Gasteiger partial charge on any atom is 0.309 e. The fourth-order valence-electron chi connectivity index (χ4n) is 4.20. The number of aromatic nitrogens is 2. The molecule has 2 aromatic rings. The molecule has 2 aromatic heterocycles. The summed E-state index contributed by atoms with van der Waals surface area (Å²) in [4.78, 5) is 45.8. The van der Waals surface area contributed by atoms with Gasteiger partial charge in [0.2, 0.25) is 0 Å². The monoisotopic (exact) mass is 487 g/mol. The molecule has 12 heteroatoms. The van der Waals surface area contributed by atoms with Crippen molar-refractivity contribution in [1.82, 2.24) is 9.55 Å². The minimum atomic E-state index is -1.54. The highest BCUT2D eigenvalue weighted by atomic mass is 16.7. The van der Waals surface area contributed by atoms with E-state index in [1.165, 1.54) is 12.4 Å². The van der Waals surface area contributed by atoms with Gasteiger partial charge in [0.1, 0.15) is 17.7 Å². The average molecular weight is 488 g/mol. The molecule has 4 atom stereocenters. The van der Waals surface area contributed by atoms with Crippen LogP contribution in [0, 0.1) is 11.8 Å². The van der Waals surface area contributed by atoms with E-state index < -0.39 is 60.0 Å². The number of esters is 2. The highest BCUT2D eigenvalue weighted by Gasteiger charge is 2.60. The van der Waals surface area contributed by atoms with Crippen LogP contribution in [0.4, 0.5) is 17.3 Å². The largest absolute Gasteiger partial charge is 0.455 e. The molecular formula is C23H29N5O7. The number of nitrogens with one attached hydrogen (secondary N) is 1. The summed E-state index contributed by atoms with van der Waals surface area (Å²) in [7, 11) is 0. The summed E-state index contributed by atoms with van der Waals surface area (Å²) >= 11 is 0. The van der Waals surface area contributed by atoms with Crippen LogP contribution in [-0.2, 0) is 23.8 Å². The van der Waals surface area contributed by atoms with Gasteiger partial charge in [0.05, 0.1) is 30.2 Å². The molecule has 4 rings (SSSR count). The summed E-state index contributed by atoms with van der Waals surface area (Å²) < 4.78 is 19.4. The number of anilines is 2. The summed E-state index contributed by atoms with van der Waals surface area (Å²) in [5, 5.41) is 13.9. The van der Waals surface area contributed by atoms with Gasteiger partial charge in [0.25, 0.3) is 5.56 Å². The Morgan fingerprint density at radius 2 is 1.97 bits per heavy atom. The number of rotatable bonds is 6. The highest BCUT2D eigenvalue weighted by Crippen LogP contribution is 2.48. The van der Waals surface area contributed by atoms with Gasteiger partial charge in [-0.05, 0) is 6.92 Å². The van der Waals surface area contributed by atoms with E-state index in [0.717, 1.165) is 0 Å². The second-order valence-corrected chi connectivity index (χ2v) is 9.43. The molecule has 0 unspecified atom stereocenters. The van der Waals surface area contributed by atoms with Crippen LogP contribution in [0.5, 0.6) is 0 Å². The first-order chi connectivity index (χ1) is 16.5. The SMILES string of the molecule is CC(C)C(=O)O[C@@H]1[C@@H](CO)O[C@@H](n2cc3c(N)cc(=O)nc4c3c2N=CN4)[C@]1(C)OC(=O)C(C)C. The minimum absolute atomic E-state index is 0.169. The second-order valence-electron chi connectivity index (χ2n) is 9.43. The second kappa shape index (κ2) is 8.93. The van der Waals surface area contributed by atoms with Crippen molar-refractivity contribution in [2.75, 3.05) is 17.7 Å². The van der Waals surface area contributed by atoms with Gasteiger partial charge >= 0.3 is 11.9 Å². The van der Waals surface area contributed by atoms with E-state index in [0.29, 0.717) is 16.6 Å². The lowest BCUT2D eigenvalue weighted by molar-refractivity contribution is -0.191. The van der Waals surface area contributed by atoms with Crippen LogP contribution in [0.3, 0.4) is 0 Å². The fraction of sp³-hybridized carbons (Fsp3) is 0.522. The maximum absolute atomic E-state index is 12.8. The number of nitrogen functional groups attached to an aromatic ring is 1. The van der Waals surface area contributed by atoms with Gasteiger partial charge < -0.3 is 34.9 Å². The van der Waals surface area contributed by atoms with Crippen LogP contribution in [0.2, 0.25) is 0 Å². The topological polar surface area (TPSA) is 167 Å². The lowest BCUT2D eigenvalue weighted by Gasteiger charge is -2.35. The first kappa shape index (κ1) is 24.6. The molecule has 1 fully saturated rings. The number of ether oxygens (including phenoxy) is 3. The Morgan fingerprint density at radius 3 is 2.60 bits per heavy atom. The molecule has 0 amide bonds. The Balaban J connectivity index is 1.92. The van der Waals surface area contributed by atoms with Crippen LogP contribution in [0.1, 0.15) is 40.8 Å². The van der Waals surface area contributed by atoms with E-state index >= 15 is 0 Å². The third-order valence-corrected chi connectivity index (χ3v) is 6.08. The predicted molar refractivity (Wildman–Crippen MR) is 127 cm³/mol. The molecule has 0 bridgehead atoms. The third-order valence-electron chi connectivity index (χ3n) is 6.08. The number of nitrogens with zero attached hydrogens (tertiary/aromatic N) is 3. The average Bonchev–Trinajstić information content (AvgIpc) is 3.25. The van der Waals surface area contributed by atoms with Crippen molar-refractivity contribution in [1.29, 1.82) is 0 Å². The molecular weight excluding hydrogens is 458 g/mol. The van der Waals surface area contributed by atoms with Gasteiger partial charge in [-0.15, -0.1) is 0 Å². The Hall–Kier alpha value is -3.51. The van der Waals surface area contributed by atoms with Crippen molar-refractivity contribution < 1.29 is 28.9 Å². The smallest absolute Gasteiger partial charge is 0.309 e. The Kier molecular flexibility index (Phi) is 6.28. The van der Waals surface area contributed by atoms with Crippen LogP contribution in [0.15, 0.2) is 22.1 Å². The molecule has 1 saturated heterocycles. The van der Waals surface area contributed by atoms with E-state index in [9.17, 15) is 19.5 Å². The molecule has 2 aliphatic rings. The molecule has 12 nitrogen and oxygen atoms in total. The highest BCUT2D eigenvalue weighted by molar-refractivity contribution is 6.10. The Labute approximate surface area is 201 Å². The van der Waals surface area contributed by atoms with Gasteiger partial charge in [0, 0.05) is 23.3 Å². The van der Waals surface area contributed by atoms with Crippen LogP contribution < -0.4 is 16.6 Å². The van der Waals surface area contributed by atoms with Crippen molar-refractivity contribution >= 4 is 46.4 Å². The van der Waals surface area contributed by atoms with Gasteiger partial charge in [-0.3, -0.25) is 14.4 Å². The standard InChI is InChI=1S/C23H29N5O7/c1-10(2)20(31)34-17-14(8-29)33-22(23(17,5)35-21(32)11(3)4)28-7-12-13(24)6-15(30)27-18-16(12)19(28)26-9-25-18/h6-7,9-11,14,17,22,29H,8,24H2,1-5H3,(H,25,26,27,30)/t14-,17-,22-,23-/m1/s1. The van der Waals surface area contributed by atoms with Crippen LogP contribution in [0.25, 0.3) is 10.8 Å². The molecule has 0 radical (unpaired) electrons. The van der Waals surface area contributed by atoms with E-state index in [1.54, 1.807) is 45.4 Å². The van der Waals surface area contributed by atoms with Crippen molar-refractivity contribution in [2.45, 2.75) is 58.7 Å². The van der Waals surface area contributed by atoms with E-state index in [-0.39, 0.29) is 11.5 Å². The molecule has 0 spiro atoms. The van der Waals surface area contributed by atoms with Gasteiger partial charge in [-0.2, -0.15) is 4.98 Å². The number of aliphatic imine (C=N–C) groups is 1. The van der Waals surface area contributed by atoms with Crippen LogP contribution >= 0.6 is 0 Å². The fourth-order valence-corrected chi connectivity index (χ4v) is 4.20. The van der Waals surface area contributed by atoms with E-state index in [2.05, 4.69) is 15.3 Å². The van der Waals surface area contributed by atoms with Gasteiger partial charge in [0.15, 0.2) is 17.9 Å². The summed E-state index contributed by atoms with van der Waals surface area (Å²) in [6, 6.07) is 1.20. The van der Waals surface area contributed by atoms with E-state index in [1.807, 2.05) is 0 Å². The maximum atomic E-state index is 12.8. The zero-order valence-electron chi connectivity index (χ0n) is 20.1. The Morgan fingerprint density at radius 1 is 1.29 bits per heavy atom. The van der Waals surface area contributed by atoms with E-state index in [4.69, 9.17) is 19.9 Å². The molecule has 2 aliphatic heterocycles. The Bertz CT molecular complexity index is 1270. The number of carbonyl (C=O) groups excluding carboxylic acids is 2. The molecule has 0 saturated carbocycles. The number of nitrogens with two attached hydrogens (primary N) is 1. The molecule has 188 valence electrons. The van der Waals surface area contributed by atoms with Crippen molar-refractivity contribution in [2.24, 2.45) is 16.8 Å². The van der Waals surface area contributed by atoms with Crippen LogP contribution in [-0.4, -0.2) is 57.4 Å². The first-order valence-electron chi connectivity index (χ1n) is 11.3. The van der Waals surface area contributed by atoms with Gasteiger partial charge in [-0.1, -0.05) is 27.7 Å². The zero-order valence-corrected chi connectivity index (χ0v) is 20.1. The number of hydrogen-bond donors (Lipinski definition) is 3. The first-order valence-corrected chi connectivity index (χ1v) is 11.3. The normalized spacial score (nSPS) is 25.2. The van der Waals surface area contributed by atoms with Crippen molar-refractivity contribution in [3.8, 4) is 0 Å². The summed E-state index contributed by atoms with van der Waals surface area (Å²) in [5.41, 5.74) is 4.27. The number of carbonyl (C=O) groups is 2. The number of hydrogen-bond acceptors (Lipinski definition) is 11. The molecule has 0 aromatic carbocycles.